The average Bonchev–Trinajstić information content (AvgIpc) is 2.37. The lowest BCUT2D eigenvalue weighted by Gasteiger charge is -2.11. The van der Waals surface area contributed by atoms with Crippen molar-refractivity contribution in [2.24, 2.45) is 5.92 Å². The van der Waals surface area contributed by atoms with Gasteiger partial charge in [-0.2, -0.15) is 0 Å². The van der Waals surface area contributed by atoms with Crippen LogP contribution in [0.1, 0.15) is 13.8 Å². The van der Waals surface area contributed by atoms with Crippen LogP contribution in [-0.4, -0.2) is 24.9 Å². The first kappa shape index (κ1) is 15.2. The fourth-order valence-electron chi connectivity index (χ4n) is 1.21. The molecule has 0 heterocycles. The molecule has 0 atom stereocenters. The summed E-state index contributed by atoms with van der Waals surface area (Å²) in [5.41, 5.74) is 0.759. The van der Waals surface area contributed by atoms with Crippen molar-refractivity contribution >= 4 is 29.1 Å². The number of thiocarbonyl (C=S) groups is 1. The van der Waals surface area contributed by atoms with Gasteiger partial charge in [0.1, 0.15) is 5.75 Å². The summed E-state index contributed by atoms with van der Waals surface area (Å²) in [4.78, 5) is 11.4. The van der Waals surface area contributed by atoms with E-state index >= 15 is 0 Å². The van der Waals surface area contributed by atoms with E-state index in [1.807, 2.05) is 13.8 Å². The Hall–Kier alpha value is -1.82. The average molecular weight is 282 g/mol. The third-order valence-electron chi connectivity index (χ3n) is 2.11. The summed E-state index contributed by atoms with van der Waals surface area (Å²) in [5.74, 6) is 1.04. The molecule has 0 unspecified atom stereocenters. The van der Waals surface area contributed by atoms with Crippen LogP contribution in [0.2, 0.25) is 0 Å². The molecule has 0 saturated carbocycles. The van der Waals surface area contributed by atoms with Gasteiger partial charge in [-0.25, -0.2) is 4.79 Å². The summed E-state index contributed by atoms with van der Waals surface area (Å²) in [6, 6.07) is 7.18. The largest absolute Gasteiger partial charge is 0.497 e. The lowest BCUT2D eigenvalue weighted by Crippen LogP contribution is -2.35. The Morgan fingerprint density at radius 3 is 2.47 bits per heavy atom. The molecule has 0 aliphatic heterocycles. The highest BCUT2D eigenvalue weighted by Gasteiger charge is 2.06. The Bertz CT molecular complexity index is 432. The molecule has 0 aliphatic rings. The van der Waals surface area contributed by atoms with Gasteiger partial charge in [0.15, 0.2) is 5.11 Å². The van der Waals surface area contributed by atoms with E-state index in [4.69, 9.17) is 21.7 Å². The van der Waals surface area contributed by atoms with Crippen LogP contribution in [0.3, 0.4) is 0 Å². The van der Waals surface area contributed by atoms with Gasteiger partial charge in [-0.3, -0.25) is 5.32 Å². The van der Waals surface area contributed by atoms with Gasteiger partial charge in [0.05, 0.1) is 13.7 Å². The van der Waals surface area contributed by atoms with E-state index in [9.17, 15) is 4.79 Å². The van der Waals surface area contributed by atoms with Crippen LogP contribution >= 0.6 is 12.2 Å². The molecule has 2 N–H and O–H groups in total. The molecule has 0 saturated heterocycles. The van der Waals surface area contributed by atoms with E-state index in [-0.39, 0.29) is 11.0 Å². The van der Waals surface area contributed by atoms with E-state index in [0.29, 0.717) is 6.61 Å². The van der Waals surface area contributed by atoms with Gasteiger partial charge in [0.2, 0.25) is 0 Å². The number of carbonyl (C=O) groups is 1. The fraction of sp³-hybridized carbons (Fsp3) is 0.385. The second-order valence-corrected chi connectivity index (χ2v) is 4.71. The number of amides is 1. The molecule has 1 aromatic carbocycles. The zero-order chi connectivity index (χ0) is 14.3. The van der Waals surface area contributed by atoms with Crippen molar-refractivity contribution in [2.45, 2.75) is 13.8 Å². The predicted molar refractivity (Wildman–Crippen MR) is 78.5 cm³/mol. The third-order valence-corrected chi connectivity index (χ3v) is 2.32. The number of carbonyl (C=O) groups excluding carboxylic acids is 1. The van der Waals surface area contributed by atoms with Gasteiger partial charge in [-0.15, -0.1) is 0 Å². The first-order chi connectivity index (χ1) is 9.01. The smallest absolute Gasteiger partial charge is 0.413 e. The van der Waals surface area contributed by atoms with Crippen molar-refractivity contribution in [1.29, 1.82) is 0 Å². The molecule has 104 valence electrons. The van der Waals surface area contributed by atoms with Crippen molar-refractivity contribution < 1.29 is 14.3 Å². The van der Waals surface area contributed by atoms with Gasteiger partial charge < -0.3 is 14.8 Å². The number of rotatable bonds is 4. The van der Waals surface area contributed by atoms with Crippen molar-refractivity contribution in [3.05, 3.63) is 24.3 Å². The number of anilines is 1. The first-order valence-electron chi connectivity index (χ1n) is 5.90. The molecule has 1 rings (SSSR count). The zero-order valence-electron chi connectivity index (χ0n) is 11.2. The molecule has 5 nitrogen and oxygen atoms in total. The van der Waals surface area contributed by atoms with Crippen molar-refractivity contribution in [2.75, 3.05) is 19.0 Å². The molecular formula is C13H18N2O3S. The van der Waals surface area contributed by atoms with Gasteiger partial charge >= 0.3 is 6.09 Å². The number of hydrogen-bond donors (Lipinski definition) is 2. The van der Waals surface area contributed by atoms with Crippen molar-refractivity contribution in [3.63, 3.8) is 0 Å². The summed E-state index contributed by atoms with van der Waals surface area (Å²) in [6.45, 7) is 4.28. The Balaban J connectivity index is 2.39. The molecule has 0 spiro atoms. The predicted octanol–water partition coefficient (Wildman–Crippen LogP) is 2.77. The number of hydrogen-bond acceptors (Lipinski definition) is 4. The van der Waals surface area contributed by atoms with E-state index in [1.54, 1.807) is 31.4 Å². The monoisotopic (exact) mass is 282 g/mol. The maximum atomic E-state index is 11.4. The summed E-state index contributed by atoms with van der Waals surface area (Å²) in [5, 5.41) is 5.51. The van der Waals surface area contributed by atoms with Gasteiger partial charge in [-0.1, -0.05) is 13.8 Å². The van der Waals surface area contributed by atoms with Crippen LogP contribution in [0.5, 0.6) is 5.75 Å². The highest BCUT2D eigenvalue weighted by atomic mass is 32.1. The number of benzene rings is 1. The lowest BCUT2D eigenvalue weighted by molar-refractivity contribution is 0.138. The van der Waals surface area contributed by atoms with Crippen LogP contribution in [-0.2, 0) is 4.74 Å². The number of ether oxygens (including phenoxy) is 2. The Kier molecular flexibility index (Phi) is 6.08. The maximum Gasteiger partial charge on any atom is 0.413 e. The lowest BCUT2D eigenvalue weighted by atomic mass is 10.2. The van der Waals surface area contributed by atoms with Crippen LogP contribution in [0.15, 0.2) is 24.3 Å². The summed E-state index contributed by atoms with van der Waals surface area (Å²) in [7, 11) is 1.60. The van der Waals surface area contributed by atoms with Crippen LogP contribution in [0, 0.1) is 5.92 Å². The molecule has 19 heavy (non-hydrogen) atoms. The molecule has 0 aliphatic carbocycles. The van der Waals surface area contributed by atoms with Crippen LogP contribution in [0.4, 0.5) is 10.5 Å². The van der Waals surface area contributed by atoms with Crippen molar-refractivity contribution in [3.8, 4) is 5.75 Å². The number of nitrogens with one attached hydrogen (secondary N) is 2. The minimum Gasteiger partial charge on any atom is -0.497 e. The molecular weight excluding hydrogens is 264 g/mol. The molecule has 0 aromatic heterocycles. The molecule has 1 amide bonds. The standard InChI is InChI=1S/C13H18N2O3S/c1-9(2)8-18-13(16)15-12(19)14-10-4-6-11(17-3)7-5-10/h4-7,9H,8H2,1-3H3,(H2,14,15,16,19). The normalized spacial score (nSPS) is 9.89. The van der Waals surface area contributed by atoms with Crippen LogP contribution in [0.25, 0.3) is 0 Å². The fourth-order valence-corrected chi connectivity index (χ4v) is 1.41. The Morgan fingerprint density at radius 2 is 1.95 bits per heavy atom. The molecule has 1 aromatic rings. The minimum atomic E-state index is -0.556. The Labute approximate surface area is 118 Å². The molecule has 6 heteroatoms. The highest BCUT2D eigenvalue weighted by molar-refractivity contribution is 7.80. The maximum absolute atomic E-state index is 11.4. The zero-order valence-corrected chi connectivity index (χ0v) is 12.0. The van der Waals surface area contributed by atoms with Crippen LogP contribution < -0.4 is 15.4 Å². The van der Waals surface area contributed by atoms with Gasteiger partial charge in [-0.05, 0) is 42.4 Å². The van der Waals surface area contributed by atoms with E-state index in [1.165, 1.54) is 0 Å². The topological polar surface area (TPSA) is 59.6 Å². The second kappa shape index (κ2) is 7.58. The van der Waals surface area contributed by atoms with Gasteiger partial charge in [0.25, 0.3) is 0 Å². The Morgan fingerprint density at radius 1 is 1.32 bits per heavy atom. The summed E-state index contributed by atoms with van der Waals surface area (Å²) >= 11 is 5.00. The molecule has 0 radical (unpaired) electrons. The third kappa shape index (κ3) is 6.05. The SMILES string of the molecule is COc1ccc(NC(=S)NC(=O)OCC(C)C)cc1. The summed E-state index contributed by atoms with van der Waals surface area (Å²) < 4.78 is 9.99. The molecule has 0 bridgehead atoms. The van der Waals surface area contributed by atoms with E-state index < -0.39 is 6.09 Å². The first-order valence-corrected chi connectivity index (χ1v) is 6.31. The second-order valence-electron chi connectivity index (χ2n) is 4.30. The van der Waals surface area contributed by atoms with E-state index in [0.717, 1.165) is 11.4 Å². The quantitative estimate of drug-likeness (QED) is 0.832. The molecule has 0 fully saturated rings. The van der Waals surface area contributed by atoms with Gasteiger partial charge in [0, 0.05) is 5.69 Å². The number of alkyl carbamates (subject to hydrolysis) is 1. The minimum absolute atomic E-state index is 0.193. The van der Waals surface area contributed by atoms with Crippen molar-refractivity contribution in [1.82, 2.24) is 5.32 Å². The van der Waals surface area contributed by atoms with E-state index in [2.05, 4.69) is 10.6 Å². The highest BCUT2D eigenvalue weighted by Crippen LogP contribution is 2.14. The summed E-state index contributed by atoms with van der Waals surface area (Å²) in [6.07, 6.45) is -0.556. The number of methoxy groups -OCH3 is 1.